The molecule has 13 heteroatoms. The summed E-state index contributed by atoms with van der Waals surface area (Å²) in [6, 6.07) is 2.68. The zero-order valence-electron chi connectivity index (χ0n) is 17.2. The second-order valence-corrected chi connectivity index (χ2v) is 8.85. The predicted molar refractivity (Wildman–Crippen MR) is 123 cm³/mol. The number of nitrogens with one attached hydrogen (secondary N) is 1. The summed E-state index contributed by atoms with van der Waals surface area (Å²) in [7, 11) is 1.28. The fraction of sp³-hybridized carbons (Fsp3) is 0.200. The molecular weight excluding hydrogens is 468 g/mol. The number of aromatic nitrogens is 2. The molecule has 2 amide bonds. The van der Waals surface area contributed by atoms with Crippen molar-refractivity contribution in [2.24, 2.45) is 5.16 Å². The Balaban J connectivity index is 1.53. The number of anilines is 1. The summed E-state index contributed by atoms with van der Waals surface area (Å²) >= 11 is 2.48. The number of oxime groups is 1. The molecule has 0 radical (unpaired) electrons. The Bertz CT molecular complexity index is 1190. The number of hydrogen-bond acceptors (Lipinski definition) is 10. The van der Waals surface area contributed by atoms with Crippen LogP contribution in [0.4, 0.5) is 5.13 Å². The van der Waals surface area contributed by atoms with Gasteiger partial charge in [0.1, 0.15) is 29.9 Å². The molecule has 1 fully saturated rings. The first kappa shape index (κ1) is 22.5. The van der Waals surface area contributed by atoms with Crippen LogP contribution in [-0.4, -0.2) is 67.7 Å². The average molecular weight is 487 g/mol. The Labute approximate surface area is 196 Å². The predicted octanol–water partition coefficient (Wildman–Crippen LogP) is 0.923. The summed E-state index contributed by atoms with van der Waals surface area (Å²) < 4.78 is 0. The maximum atomic E-state index is 12.8. The van der Waals surface area contributed by atoms with Crippen LogP contribution in [0, 0.1) is 0 Å². The minimum atomic E-state index is -1.22. The van der Waals surface area contributed by atoms with E-state index in [-0.39, 0.29) is 22.2 Å². The third kappa shape index (κ3) is 4.45. The summed E-state index contributed by atoms with van der Waals surface area (Å²) in [4.78, 5) is 51.6. The maximum absolute atomic E-state index is 12.8. The third-order valence-electron chi connectivity index (χ3n) is 4.81. The summed E-state index contributed by atoms with van der Waals surface area (Å²) in [5.74, 6) is -2.08. The molecule has 4 heterocycles. The number of nitrogens with two attached hydrogens (primary N) is 1. The van der Waals surface area contributed by atoms with Gasteiger partial charge in [0.25, 0.3) is 11.8 Å². The molecule has 0 saturated carbocycles. The lowest BCUT2D eigenvalue weighted by Gasteiger charge is -2.49. The lowest BCUT2D eigenvalue weighted by atomic mass is 10.0. The molecule has 2 aromatic heterocycles. The Morgan fingerprint density at radius 1 is 1.42 bits per heavy atom. The number of carboxylic acid groups (broad SMARTS) is 1. The normalized spacial score (nSPS) is 20.5. The summed E-state index contributed by atoms with van der Waals surface area (Å²) in [6.07, 6.45) is 6.69. The molecule has 4 N–H and O–H groups in total. The summed E-state index contributed by atoms with van der Waals surface area (Å²) in [6.45, 7) is 0. The number of carbonyl (C=O) groups is 3. The van der Waals surface area contributed by atoms with Crippen molar-refractivity contribution in [3.05, 3.63) is 58.5 Å². The molecule has 0 aromatic carbocycles. The quantitative estimate of drug-likeness (QED) is 0.294. The fourth-order valence-corrected chi connectivity index (χ4v) is 5.21. The van der Waals surface area contributed by atoms with E-state index in [0.29, 0.717) is 11.3 Å². The standard InChI is InChI=1S/C20H18N6O5S2/c1-31-25-13(12-9-33-20(21)23-12)16(27)24-14-17(28)26-15(19(29)30)11(8-32-18(14)26)5-4-10-3-2-6-22-7-10/h2-7,9,14,18H,8H2,1H3,(H2,21,23)(H,24,27)(H,29,30)/b5-4+,25-13-/t14?,18-/m1/s1. The number of thiazole rings is 1. The topological polar surface area (TPSA) is 160 Å². The van der Waals surface area contributed by atoms with E-state index >= 15 is 0 Å². The van der Waals surface area contributed by atoms with E-state index in [1.54, 1.807) is 36.0 Å². The van der Waals surface area contributed by atoms with E-state index in [0.717, 1.165) is 16.9 Å². The van der Waals surface area contributed by atoms with E-state index < -0.39 is 29.2 Å². The van der Waals surface area contributed by atoms with Crippen molar-refractivity contribution in [2.75, 3.05) is 18.6 Å². The SMILES string of the molecule is CO/N=C(\C(=O)NC1C(=O)N2C(C(=O)O)=C(/C=C/c3cccnc3)CS[C@H]12)c1csc(N)n1. The number of carbonyl (C=O) groups excluding carboxylic acids is 2. The number of aliphatic carboxylic acids is 1. The number of nitrogen functional groups attached to an aromatic ring is 1. The lowest BCUT2D eigenvalue weighted by Crippen LogP contribution is -2.71. The molecule has 2 aliphatic rings. The van der Waals surface area contributed by atoms with Gasteiger partial charge < -0.3 is 21.0 Å². The molecular formula is C20H18N6O5S2. The van der Waals surface area contributed by atoms with Gasteiger partial charge in [0.15, 0.2) is 10.8 Å². The number of carboxylic acids is 1. The first-order valence-electron chi connectivity index (χ1n) is 9.53. The summed E-state index contributed by atoms with van der Waals surface area (Å²) in [5, 5.41) is 17.3. The molecule has 2 atom stereocenters. The van der Waals surface area contributed by atoms with Gasteiger partial charge in [0.05, 0.1) is 0 Å². The van der Waals surface area contributed by atoms with E-state index in [2.05, 4.69) is 20.4 Å². The second kappa shape index (κ2) is 9.42. The zero-order chi connectivity index (χ0) is 23.5. The van der Waals surface area contributed by atoms with Crippen molar-refractivity contribution in [3.8, 4) is 0 Å². The third-order valence-corrected chi connectivity index (χ3v) is 6.79. The van der Waals surface area contributed by atoms with Crippen molar-refractivity contribution < 1.29 is 24.3 Å². The van der Waals surface area contributed by atoms with Gasteiger partial charge in [-0.1, -0.05) is 23.4 Å². The average Bonchev–Trinajstić information content (AvgIpc) is 3.25. The molecule has 0 aliphatic carbocycles. The van der Waals surface area contributed by atoms with Crippen LogP contribution in [-0.2, 0) is 19.2 Å². The molecule has 33 heavy (non-hydrogen) atoms. The molecule has 4 rings (SSSR count). The van der Waals surface area contributed by atoms with Crippen LogP contribution in [0.2, 0.25) is 0 Å². The van der Waals surface area contributed by atoms with Gasteiger partial charge in [-0.05, 0) is 17.2 Å². The molecule has 0 bridgehead atoms. The first-order valence-corrected chi connectivity index (χ1v) is 11.5. The Morgan fingerprint density at radius 3 is 2.88 bits per heavy atom. The number of amides is 2. The number of rotatable bonds is 7. The van der Waals surface area contributed by atoms with E-state index in [1.165, 1.54) is 23.8 Å². The highest BCUT2D eigenvalue weighted by atomic mass is 32.2. The molecule has 2 aliphatic heterocycles. The highest BCUT2D eigenvalue weighted by molar-refractivity contribution is 8.00. The van der Waals surface area contributed by atoms with Crippen LogP contribution < -0.4 is 11.1 Å². The van der Waals surface area contributed by atoms with Gasteiger partial charge >= 0.3 is 5.97 Å². The monoisotopic (exact) mass is 486 g/mol. The van der Waals surface area contributed by atoms with Crippen LogP contribution in [0.3, 0.4) is 0 Å². The van der Waals surface area contributed by atoms with Crippen LogP contribution in [0.5, 0.6) is 0 Å². The number of nitrogens with zero attached hydrogens (tertiary/aromatic N) is 4. The highest BCUT2D eigenvalue weighted by Gasteiger charge is 2.54. The largest absolute Gasteiger partial charge is 0.477 e. The first-order chi connectivity index (χ1) is 15.9. The smallest absolute Gasteiger partial charge is 0.352 e. The molecule has 1 unspecified atom stereocenters. The van der Waals surface area contributed by atoms with Crippen molar-refractivity contribution in [3.63, 3.8) is 0 Å². The molecule has 2 aromatic rings. The van der Waals surface area contributed by atoms with Gasteiger partial charge in [-0.2, -0.15) is 0 Å². The molecule has 0 spiro atoms. The Kier molecular flexibility index (Phi) is 6.42. The maximum Gasteiger partial charge on any atom is 0.352 e. The second-order valence-electron chi connectivity index (χ2n) is 6.85. The van der Waals surface area contributed by atoms with Crippen LogP contribution in [0.25, 0.3) is 6.08 Å². The number of thioether (sulfide) groups is 1. The molecule has 11 nitrogen and oxygen atoms in total. The number of pyridine rings is 1. The van der Waals surface area contributed by atoms with Gasteiger partial charge in [-0.25, -0.2) is 9.78 Å². The minimum absolute atomic E-state index is 0.104. The highest BCUT2D eigenvalue weighted by Crippen LogP contribution is 2.40. The summed E-state index contributed by atoms with van der Waals surface area (Å²) in [5.41, 5.74) is 6.89. The van der Waals surface area contributed by atoms with Crippen LogP contribution in [0.15, 0.2) is 52.4 Å². The van der Waals surface area contributed by atoms with E-state index in [1.807, 2.05) is 6.07 Å². The van der Waals surface area contributed by atoms with Crippen LogP contribution >= 0.6 is 23.1 Å². The lowest BCUT2D eigenvalue weighted by molar-refractivity contribution is -0.150. The minimum Gasteiger partial charge on any atom is -0.477 e. The molecule has 1 saturated heterocycles. The van der Waals surface area contributed by atoms with Crippen molar-refractivity contribution in [2.45, 2.75) is 11.4 Å². The van der Waals surface area contributed by atoms with E-state index in [4.69, 9.17) is 10.6 Å². The number of hydrogen-bond donors (Lipinski definition) is 3. The van der Waals surface area contributed by atoms with E-state index in [9.17, 15) is 19.5 Å². The fourth-order valence-electron chi connectivity index (χ4n) is 3.34. The Morgan fingerprint density at radius 2 is 2.24 bits per heavy atom. The van der Waals surface area contributed by atoms with Crippen molar-refractivity contribution in [1.29, 1.82) is 0 Å². The van der Waals surface area contributed by atoms with Gasteiger partial charge in [0, 0.05) is 23.5 Å². The van der Waals surface area contributed by atoms with Gasteiger partial charge in [-0.3, -0.25) is 19.5 Å². The Hall–Kier alpha value is -3.71. The number of allylic oxidation sites excluding steroid dienone is 1. The van der Waals surface area contributed by atoms with Gasteiger partial charge in [0.2, 0.25) is 0 Å². The van der Waals surface area contributed by atoms with Gasteiger partial charge in [-0.15, -0.1) is 23.1 Å². The number of β-lactam (4-membered cyclic amide) rings is 1. The number of fused-ring (bicyclic) bond motifs is 1. The van der Waals surface area contributed by atoms with Crippen molar-refractivity contribution in [1.82, 2.24) is 20.2 Å². The zero-order valence-corrected chi connectivity index (χ0v) is 18.8. The van der Waals surface area contributed by atoms with Crippen molar-refractivity contribution >= 4 is 57.8 Å². The van der Waals surface area contributed by atoms with Crippen LogP contribution in [0.1, 0.15) is 11.3 Å². The molecule has 170 valence electrons.